The molecule has 1 aliphatic heterocycles. The smallest absolute Gasteiger partial charge is 0.271 e. The highest BCUT2D eigenvalue weighted by Gasteiger charge is 2.33. The molecule has 1 fully saturated rings. The quantitative estimate of drug-likeness (QED) is 0.826. The van der Waals surface area contributed by atoms with Crippen LogP contribution in [0.2, 0.25) is 0 Å². The first-order valence-corrected chi connectivity index (χ1v) is 10.5. The minimum Gasteiger partial charge on any atom is -0.351 e. The number of hydrogen-bond donors (Lipinski definition) is 1. The van der Waals surface area contributed by atoms with E-state index in [0.29, 0.717) is 23.7 Å². The summed E-state index contributed by atoms with van der Waals surface area (Å²) in [6, 6.07) is 3.29. The predicted molar refractivity (Wildman–Crippen MR) is 94.8 cm³/mol. The molecule has 0 spiro atoms. The number of hydrogen-bond acceptors (Lipinski definition) is 6. The molecule has 0 bridgehead atoms. The summed E-state index contributed by atoms with van der Waals surface area (Å²) in [6.07, 6.45) is 7.63. The first-order valence-electron chi connectivity index (χ1n) is 8.18. The van der Waals surface area contributed by atoms with Crippen LogP contribution in [0.5, 0.6) is 0 Å². The van der Waals surface area contributed by atoms with Gasteiger partial charge in [0.25, 0.3) is 15.9 Å². The lowest BCUT2D eigenvalue weighted by Gasteiger charge is -2.34. The van der Waals surface area contributed by atoms with Crippen molar-refractivity contribution in [3.05, 3.63) is 41.8 Å². The number of nitrogens with one attached hydrogen (secondary N) is 1. The molecule has 0 saturated carbocycles. The van der Waals surface area contributed by atoms with Crippen molar-refractivity contribution in [1.82, 2.24) is 19.6 Å². The maximum atomic E-state index is 12.8. The van der Waals surface area contributed by atoms with Crippen molar-refractivity contribution < 1.29 is 13.2 Å². The third-order valence-electron chi connectivity index (χ3n) is 4.19. The van der Waals surface area contributed by atoms with E-state index in [1.165, 1.54) is 29.9 Å². The second-order valence-corrected chi connectivity index (χ2v) is 8.90. The Hall–Kier alpha value is -1.84. The van der Waals surface area contributed by atoms with Crippen molar-refractivity contribution in [1.29, 1.82) is 0 Å². The molecule has 1 amide bonds. The molecular weight excluding hydrogens is 360 g/mol. The Labute approximate surface area is 151 Å². The highest BCUT2D eigenvalue weighted by Crippen LogP contribution is 2.28. The van der Waals surface area contributed by atoms with Crippen LogP contribution in [0.4, 0.5) is 0 Å². The van der Waals surface area contributed by atoms with Crippen LogP contribution in [0.1, 0.15) is 36.2 Å². The largest absolute Gasteiger partial charge is 0.351 e. The number of thiophene rings is 1. The number of rotatable bonds is 6. The lowest BCUT2D eigenvalue weighted by molar-refractivity contribution is 0.0944. The molecule has 0 unspecified atom stereocenters. The lowest BCUT2D eigenvalue weighted by Crippen LogP contribution is -2.45. The highest BCUT2D eigenvalue weighted by atomic mass is 32.2. The van der Waals surface area contributed by atoms with E-state index < -0.39 is 10.0 Å². The summed E-state index contributed by atoms with van der Waals surface area (Å²) >= 11 is 1.24. The van der Waals surface area contributed by atoms with Gasteiger partial charge in [0.1, 0.15) is 9.90 Å². The number of carbonyl (C=O) groups excluding carboxylic acids is 1. The summed E-state index contributed by atoms with van der Waals surface area (Å²) in [4.78, 5) is 19.8. The van der Waals surface area contributed by atoms with E-state index in [0.717, 1.165) is 19.3 Å². The van der Waals surface area contributed by atoms with Gasteiger partial charge < -0.3 is 5.32 Å². The zero-order valence-electron chi connectivity index (χ0n) is 13.7. The second kappa shape index (κ2) is 8.03. The van der Waals surface area contributed by atoms with Crippen molar-refractivity contribution >= 4 is 27.3 Å². The van der Waals surface area contributed by atoms with Crippen LogP contribution >= 0.6 is 11.3 Å². The van der Waals surface area contributed by atoms with E-state index in [1.807, 2.05) is 0 Å². The van der Waals surface area contributed by atoms with Gasteiger partial charge >= 0.3 is 0 Å². The average Bonchev–Trinajstić information content (AvgIpc) is 3.18. The summed E-state index contributed by atoms with van der Waals surface area (Å²) in [5.74, 6) is -0.295. The fraction of sp³-hybridized carbons (Fsp3) is 0.438. The van der Waals surface area contributed by atoms with E-state index in [4.69, 9.17) is 0 Å². The Morgan fingerprint density at radius 2 is 2.24 bits per heavy atom. The van der Waals surface area contributed by atoms with Gasteiger partial charge in [-0.05, 0) is 30.7 Å². The van der Waals surface area contributed by atoms with E-state index in [9.17, 15) is 13.2 Å². The van der Waals surface area contributed by atoms with Gasteiger partial charge in [0, 0.05) is 31.5 Å². The predicted octanol–water partition coefficient (Wildman–Crippen LogP) is 1.90. The Morgan fingerprint density at radius 3 is 2.96 bits per heavy atom. The zero-order valence-corrected chi connectivity index (χ0v) is 15.3. The van der Waals surface area contributed by atoms with E-state index in [-0.39, 0.29) is 17.6 Å². The second-order valence-electron chi connectivity index (χ2n) is 5.83. The van der Waals surface area contributed by atoms with E-state index >= 15 is 0 Å². The minimum absolute atomic E-state index is 0.0944. The molecule has 3 heterocycles. The SMILES string of the molecule is O=C(NCC[C@H]1CCCCN1S(=O)(=O)c1cccs1)c1cnccn1. The van der Waals surface area contributed by atoms with Crippen LogP contribution in [0, 0.1) is 0 Å². The first-order chi connectivity index (χ1) is 12.1. The summed E-state index contributed by atoms with van der Waals surface area (Å²) in [7, 11) is -3.45. The Bertz CT molecular complexity index is 794. The van der Waals surface area contributed by atoms with Gasteiger partial charge in [0.2, 0.25) is 0 Å². The molecule has 9 heteroatoms. The standard InChI is InChI=1S/C16H20N4O3S2/c21-16(14-12-17-8-9-18-14)19-7-6-13-4-1-2-10-20(13)25(22,23)15-5-3-11-24-15/h3,5,8-9,11-13H,1-2,4,6-7,10H2,(H,19,21)/t13-/m1/s1. The molecule has 0 aliphatic carbocycles. The van der Waals surface area contributed by atoms with Gasteiger partial charge in [-0.3, -0.25) is 9.78 Å². The molecule has 25 heavy (non-hydrogen) atoms. The summed E-state index contributed by atoms with van der Waals surface area (Å²) in [5.41, 5.74) is 0.259. The number of carbonyl (C=O) groups is 1. The Kier molecular flexibility index (Phi) is 5.77. The van der Waals surface area contributed by atoms with Crippen LogP contribution < -0.4 is 5.32 Å². The number of nitrogens with zero attached hydrogens (tertiary/aromatic N) is 3. The molecule has 1 atom stereocenters. The van der Waals surface area contributed by atoms with Gasteiger partial charge in [-0.25, -0.2) is 13.4 Å². The Balaban J connectivity index is 1.61. The Morgan fingerprint density at radius 1 is 1.36 bits per heavy atom. The molecule has 3 rings (SSSR count). The van der Waals surface area contributed by atoms with Crippen LogP contribution in [0.3, 0.4) is 0 Å². The van der Waals surface area contributed by atoms with Gasteiger partial charge in [0.15, 0.2) is 0 Å². The molecule has 2 aromatic heterocycles. The first kappa shape index (κ1) is 18.0. The van der Waals surface area contributed by atoms with Crippen LogP contribution in [-0.4, -0.2) is 47.7 Å². The summed E-state index contributed by atoms with van der Waals surface area (Å²) in [5, 5.41) is 4.56. The van der Waals surface area contributed by atoms with Gasteiger partial charge in [-0.15, -0.1) is 11.3 Å². The molecular formula is C16H20N4O3S2. The van der Waals surface area contributed by atoms with Crippen molar-refractivity contribution in [3.63, 3.8) is 0 Å². The number of amides is 1. The van der Waals surface area contributed by atoms with Crippen molar-refractivity contribution in [2.75, 3.05) is 13.1 Å². The van der Waals surface area contributed by atoms with E-state index in [1.54, 1.807) is 21.8 Å². The third-order valence-corrected chi connectivity index (χ3v) is 7.51. The molecule has 2 aromatic rings. The molecule has 0 radical (unpaired) electrons. The number of aromatic nitrogens is 2. The number of piperidine rings is 1. The normalized spacial score (nSPS) is 18.8. The molecule has 7 nitrogen and oxygen atoms in total. The maximum absolute atomic E-state index is 12.8. The van der Waals surface area contributed by atoms with Crippen molar-refractivity contribution in [2.24, 2.45) is 0 Å². The minimum atomic E-state index is -3.45. The fourth-order valence-electron chi connectivity index (χ4n) is 2.96. The lowest BCUT2D eigenvalue weighted by atomic mass is 10.0. The van der Waals surface area contributed by atoms with Crippen LogP contribution in [-0.2, 0) is 10.0 Å². The van der Waals surface area contributed by atoms with Crippen LogP contribution in [0.25, 0.3) is 0 Å². The average molecular weight is 380 g/mol. The monoisotopic (exact) mass is 380 g/mol. The summed E-state index contributed by atoms with van der Waals surface area (Å²) < 4.78 is 27.6. The topological polar surface area (TPSA) is 92.3 Å². The van der Waals surface area contributed by atoms with Crippen LogP contribution in [0.15, 0.2) is 40.3 Å². The van der Waals surface area contributed by atoms with Crippen molar-refractivity contribution in [2.45, 2.75) is 35.9 Å². The molecule has 134 valence electrons. The van der Waals surface area contributed by atoms with E-state index in [2.05, 4.69) is 15.3 Å². The van der Waals surface area contributed by atoms with Gasteiger partial charge in [0.05, 0.1) is 6.20 Å². The molecule has 1 N–H and O–H groups in total. The van der Waals surface area contributed by atoms with Gasteiger partial charge in [-0.2, -0.15) is 4.31 Å². The third kappa shape index (κ3) is 4.23. The fourth-order valence-corrected chi connectivity index (χ4v) is 5.81. The molecule has 0 aromatic carbocycles. The molecule has 1 aliphatic rings. The maximum Gasteiger partial charge on any atom is 0.271 e. The molecule has 1 saturated heterocycles. The zero-order chi connectivity index (χ0) is 17.7. The van der Waals surface area contributed by atoms with Gasteiger partial charge in [-0.1, -0.05) is 12.5 Å². The highest BCUT2D eigenvalue weighted by molar-refractivity contribution is 7.91. The number of sulfonamides is 1. The van der Waals surface area contributed by atoms with Crippen molar-refractivity contribution in [3.8, 4) is 0 Å². The summed E-state index contributed by atoms with van der Waals surface area (Å²) in [6.45, 7) is 0.930.